The molecule has 1 amide bonds. The molecule has 34 heavy (non-hydrogen) atoms. The summed E-state index contributed by atoms with van der Waals surface area (Å²) < 4.78 is 19.5. The van der Waals surface area contributed by atoms with Crippen LogP contribution in [0, 0.1) is 5.82 Å². The van der Waals surface area contributed by atoms with Gasteiger partial charge in [0, 0.05) is 55.4 Å². The van der Waals surface area contributed by atoms with Crippen LogP contribution in [0.15, 0.2) is 42.5 Å². The van der Waals surface area contributed by atoms with E-state index in [0.29, 0.717) is 17.8 Å². The minimum absolute atomic E-state index is 0.00824. The zero-order valence-electron chi connectivity index (χ0n) is 19.2. The summed E-state index contributed by atoms with van der Waals surface area (Å²) in [6.07, 6.45) is 0.424. The highest BCUT2D eigenvalue weighted by Crippen LogP contribution is 2.29. The van der Waals surface area contributed by atoms with Gasteiger partial charge in [-0.15, -0.1) is 0 Å². The van der Waals surface area contributed by atoms with Crippen molar-refractivity contribution in [3.8, 4) is 11.6 Å². The minimum atomic E-state index is -0.722. The van der Waals surface area contributed by atoms with Gasteiger partial charge in [-0.05, 0) is 43.8 Å². The third-order valence-corrected chi connectivity index (χ3v) is 5.61. The van der Waals surface area contributed by atoms with Crippen molar-refractivity contribution < 1.29 is 13.9 Å². The van der Waals surface area contributed by atoms with Crippen LogP contribution in [0.25, 0.3) is 0 Å². The summed E-state index contributed by atoms with van der Waals surface area (Å²) in [7, 11) is 2.12. The number of nitrogen functional groups attached to an aromatic ring is 1. The number of piperazine rings is 1. The summed E-state index contributed by atoms with van der Waals surface area (Å²) in [5.41, 5.74) is 13.7. The standard InChI is InChI=1S/C24H28FN7O2/c1-3-20-24(34-19-13-15(25)12-16(26)14-19)30-23(21(29-20)22(27)33)28-17-4-6-18(7-5-17)32-10-8-31(2)9-11-32/h4-7,12-14H,3,8-11,26H2,1-2H3,(H2,27,33)(H,28,30). The Morgan fingerprint density at radius 2 is 1.82 bits per heavy atom. The lowest BCUT2D eigenvalue weighted by atomic mass is 10.2. The first kappa shape index (κ1) is 23.2. The Bertz CT molecular complexity index is 1160. The van der Waals surface area contributed by atoms with Gasteiger partial charge >= 0.3 is 0 Å². The maximum absolute atomic E-state index is 13.8. The molecular weight excluding hydrogens is 437 g/mol. The Kier molecular flexibility index (Phi) is 6.78. The number of nitrogens with two attached hydrogens (primary N) is 2. The Balaban J connectivity index is 1.61. The van der Waals surface area contributed by atoms with Crippen molar-refractivity contribution in [3.05, 3.63) is 59.7 Å². The zero-order valence-corrected chi connectivity index (χ0v) is 19.2. The number of aromatic nitrogens is 2. The predicted molar refractivity (Wildman–Crippen MR) is 130 cm³/mol. The topological polar surface area (TPSA) is 123 Å². The van der Waals surface area contributed by atoms with Crippen LogP contribution in [0.4, 0.5) is 27.3 Å². The molecule has 2 aromatic carbocycles. The number of likely N-dealkylation sites (N-methyl/N-ethyl adjacent to an activating group) is 1. The molecule has 1 aliphatic rings. The molecule has 9 nitrogen and oxygen atoms in total. The van der Waals surface area contributed by atoms with Crippen LogP contribution in [-0.2, 0) is 6.42 Å². The summed E-state index contributed by atoms with van der Waals surface area (Å²) in [6, 6.07) is 11.7. The maximum atomic E-state index is 13.8. The predicted octanol–water partition coefficient (Wildman–Crippen LogP) is 3.15. The fraction of sp³-hybridized carbons (Fsp3) is 0.292. The molecule has 3 aromatic rings. The molecule has 0 atom stereocenters. The van der Waals surface area contributed by atoms with Crippen molar-refractivity contribution in [3.63, 3.8) is 0 Å². The number of hydrogen-bond acceptors (Lipinski definition) is 8. The lowest BCUT2D eigenvalue weighted by Crippen LogP contribution is -2.44. The molecule has 2 heterocycles. The van der Waals surface area contributed by atoms with E-state index >= 15 is 0 Å². The average molecular weight is 466 g/mol. The molecule has 1 aliphatic heterocycles. The molecule has 1 aromatic heterocycles. The van der Waals surface area contributed by atoms with Gasteiger partial charge in [0.1, 0.15) is 17.3 Å². The van der Waals surface area contributed by atoms with E-state index in [-0.39, 0.29) is 28.8 Å². The van der Waals surface area contributed by atoms with E-state index in [1.54, 1.807) is 0 Å². The van der Waals surface area contributed by atoms with Gasteiger partial charge in [-0.2, -0.15) is 4.98 Å². The molecule has 0 spiro atoms. The first-order valence-corrected chi connectivity index (χ1v) is 11.1. The number of aryl methyl sites for hydroxylation is 1. The van der Waals surface area contributed by atoms with E-state index in [0.717, 1.165) is 31.9 Å². The van der Waals surface area contributed by atoms with Crippen molar-refractivity contribution in [1.29, 1.82) is 0 Å². The molecule has 4 rings (SSSR count). The Hall–Kier alpha value is -3.92. The Morgan fingerprint density at radius 3 is 2.44 bits per heavy atom. The third kappa shape index (κ3) is 5.34. The summed E-state index contributed by atoms with van der Waals surface area (Å²) >= 11 is 0. The lowest BCUT2D eigenvalue weighted by Gasteiger charge is -2.34. The minimum Gasteiger partial charge on any atom is -0.437 e. The molecule has 0 bridgehead atoms. The largest absolute Gasteiger partial charge is 0.437 e. The van der Waals surface area contributed by atoms with Crippen molar-refractivity contribution in [2.75, 3.05) is 49.2 Å². The number of ether oxygens (including phenoxy) is 1. The molecule has 178 valence electrons. The second kappa shape index (κ2) is 9.92. The first-order valence-electron chi connectivity index (χ1n) is 11.1. The highest BCUT2D eigenvalue weighted by atomic mass is 19.1. The van der Waals surface area contributed by atoms with Crippen LogP contribution in [0.1, 0.15) is 23.1 Å². The van der Waals surface area contributed by atoms with Gasteiger partial charge in [0.25, 0.3) is 5.91 Å². The van der Waals surface area contributed by atoms with Crippen LogP contribution >= 0.6 is 0 Å². The van der Waals surface area contributed by atoms with Gasteiger partial charge in [-0.3, -0.25) is 4.79 Å². The smallest absolute Gasteiger partial charge is 0.271 e. The number of carbonyl (C=O) groups is 1. The highest BCUT2D eigenvalue weighted by molar-refractivity contribution is 5.96. The summed E-state index contributed by atoms with van der Waals surface area (Å²) in [5, 5.41) is 3.11. The summed E-state index contributed by atoms with van der Waals surface area (Å²) in [4.78, 5) is 25.5. The number of anilines is 4. The number of carbonyl (C=O) groups excluding carboxylic acids is 1. The number of halogens is 1. The fourth-order valence-corrected chi connectivity index (χ4v) is 3.74. The maximum Gasteiger partial charge on any atom is 0.271 e. The van der Waals surface area contributed by atoms with Crippen molar-refractivity contribution in [1.82, 2.24) is 14.9 Å². The van der Waals surface area contributed by atoms with Crippen LogP contribution in [-0.4, -0.2) is 54.0 Å². The Labute approximate surface area is 197 Å². The SMILES string of the molecule is CCc1nc(C(N)=O)c(Nc2ccc(N3CCN(C)CC3)cc2)nc1Oc1cc(N)cc(F)c1. The monoisotopic (exact) mass is 465 g/mol. The number of nitrogens with zero attached hydrogens (tertiary/aromatic N) is 4. The number of nitrogens with one attached hydrogen (secondary N) is 1. The van der Waals surface area contributed by atoms with Crippen LogP contribution < -0.4 is 26.4 Å². The number of primary amides is 1. The first-order chi connectivity index (χ1) is 16.3. The fourth-order valence-electron chi connectivity index (χ4n) is 3.74. The van der Waals surface area contributed by atoms with Gasteiger partial charge < -0.3 is 31.3 Å². The van der Waals surface area contributed by atoms with Crippen molar-refractivity contribution in [2.24, 2.45) is 5.73 Å². The molecule has 0 saturated carbocycles. The van der Waals surface area contributed by atoms with E-state index in [9.17, 15) is 9.18 Å². The Morgan fingerprint density at radius 1 is 1.12 bits per heavy atom. The molecule has 0 unspecified atom stereocenters. The number of rotatable bonds is 7. The van der Waals surface area contributed by atoms with E-state index in [1.165, 1.54) is 18.2 Å². The van der Waals surface area contributed by atoms with Crippen LogP contribution in [0.5, 0.6) is 11.6 Å². The van der Waals surface area contributed by atoms with Crippen molar-refractivity contribution >= 4 is 28.8 Å². The quantitative estimate of drug-likeness (QED) is 0.455. The number of benzene rings is 2. The third-order valence-electron chi connectivity index (χ3n) is 5.61. The van der Waals surface area contributed by atoms with Crippen LogP contribution in [0.2, 0.25) is 0 Å². The summed E-state index contributed by atoms with van der Waals surface area (Å²) in [6.45, 7) is 5.79. The molecule has 1 saturated heterocycles. The molecule has 5 N–H and O–H groups in total. The molecular formula is C24H28FN7O2. The van der Waals surface area contributed by atoms with E-state index in [2.05, 4.69) is 32.1 Å². The number of amides is 1. The molecule has 1 fully saturated rings. The molecule has 0 radical (unpaired) electrons. The van der Waals surface area contributed by atoms with Crippen molar-refractivity contribution in [2.45, 2.75) is 13.3 Å². The van der Waals surface area contributed by atoms with Gasteiger partial charge in [-0.1, -0.05) is 6.92 Å². The second-order valence-corrected chi connectivity index (χ2v) is 8.17. The van der Waals surface area contributed by atoms with Crippen LogP contribution in [0.3, 0.4) is 0 Å². The zero-order chi connectivity index (χ0) is 24.2. The van der Waals surface area contributed by atoms with Gasteiger partial charge in [0.2, 0.25) is 5.88 Å². The second-order valence-electron chi connectivity index (χ2n) is 8.17. The molecule has 10 heteroatoms. The normalized spacial score (nSPS) is 14.1. The van der Waals surface area contributed by atoms with Gasteiger partial charge in [0.15, 0.2) is 11.5 Å². The number of hydrogen-bond donors (Lipinski definition) is 3. The lowest BCUT2D eigenvalue weighted by molar-refractivity contribution is 0.0996. The van der Waals surface area contributed by atoms with E-state index in [4.69, 9.17) is 16.2 Å². The highest BCUT2D eigenvalue weighted by Gasteiger charge is 2.19. The van der Waals surface area contributed by atoms with Gasteiger partial charge in [-0.25, -0.2) is 9.37 Å². The van der Waals surface area contributed by atoms with E-state index in [1.807, 2.05) is 31.2 Å². The molecule has 0 aliphatic carbocycles. The average Bonchev–Trinajstić information content (AvgIpc) is 2.79. The van der Waals surface area contributed by atoms with E-state index < -0.39 is 11.7 Å². The van der Waals surface area contributed by atoms with Gasteiger partial charge in [0.05, 0.1) is 0 Å². The summed E-state index contributed by atoms with van der Waals surface area (Å²) in [5.74, 6) is -0.796.